The number of methoxy groups -OCH3 is 1. The van der Waals surface area contributed by atoms with Crippen molar-refractivity contribution in [1.29, 1.82) is 0 Å². The van der Waals surface area contributed by atoms with Gasteiger partial charge in [-0.1, -0.05) is 0 Å². The standard InChI is InChI=1S/C19H20N6O2S/c1-27-17-5-2-13(12-23-17)15-3-4-16(28-15)14-6-7-20-18(24-14)21-8-10-25-11-9-22-19(25)26/h2-7,12H,8-11H2,1H3,(H,22,26)(H,20,21,24). The fourth-order valence-corrected chi connectivity index (χ4v) is 3.85. The molecule has 144 valence electrons. The SMILES string of the molecule is COc1ccc(-c2ccc(-c3ccnc(NCCN4CCNC4=O)n3)s2)cn1. The third-order valence-electron chi connectivity index (χ3n) is 4.35. The highest BCUT2D eigenvalue weighted by Gasteiger charge is 2.18. The van der Waals surface area contributed by atoms with Crippen LogP contribution in [-0.2, 0) is 0 Å². The van der Waals surface area contributed by atoms with Crippen LogP contribution in [0.4, 0.5) is 10.7 Å². The highest BCUT2D eigenvalue weighted by atomic mass is 32.1. The van der Waals surface area contributed by atoms with Crippen LogP contribution >= 0.6 is 11.3 Å². The van der Waals surface area contributed by atoms with Gasteiger partial charge in [0.1, 0.15) is 0 Å². The van der Waals surface area contributed by atoms with E-state index in [0.29, 0.717) is 31.5 Å². The van der Waals surface area contributed by atoms with E-state index in [1.54, 1.807) is 35.7 Å². The van der Waals surface area contributed by atoms with Crippen LogP contribution in [0.1, 0.15) is 0 Å². The fraction of sp³-hybridized carbons (Fsp3) is 0.263. The highest BCUT2D eigenvalue weighted by Crippen LogP contribution is 2.33. The van der Waals surface area contributed by atoms with Crippen LogP contribution in [0.3, 0.4) is 0 Å². The molecule has 9 heteroatoms. The summed E-state index contributed by atoms with van der Waals surface area (Å²) in [5.74, 6) is 1.15. The second-order valence-electron chi connectivity index (χ2n) is 6.16. The average molecular weight is 396 g/mol. The van der Waals surface area contributed by atoms with Crippen LogP contribution in [-0.4, -0.2) is 59.2 Å². The predicted molar refractivity (Wildman–Crippen MR) is 109 cm³/mol. The quantitative estimate of drug-likeness (QED) is 0.638. The molecule has 0 saturated carbocycles. The van der Waals surface area contributed by atoms with Crippen molar-refractivity contribution in [2.24, 2.45) is 0 Å². The zero-order valence-corrected chi connectivity index (χ0v) is 16.2. The van der Waals surface area contributed by atoms with Crippen molar-refractivity contribution in [2.75, 3.05) is 38.6 Å². The van der Waals surface area contributed by atoms with Crippen molar-refractivity contribution >= 4 is 23.3 Å². The molecule has 1 aliphatic heterocycles. The second kappa shape index (κ2) is 8.22. The van der Waals surface area contributed by atoms with E-state index in [9.17, 15) is 4.79 Å². The Morgan fingerprint density at radius 2 is 2.11 bits per heavy atom. The van der Waals surface area contributed by atoms with Gasteiger partial charge < -0.3 is 20.3 Å². The summed E-state index contributed by atoms with van der Waals surface area (Å²) in [6.45, 7) is 2.66. The molecule has 1 fully saturated rings. The highest BCUT2D eigenvalue weighted by molar-refractivity contribution is 7.18. The monoisotopic (exact) mass is 396 g/mol. The lowest BCUT2D eigenvalue weighted by atomic mass is 10.2. The molecular weight excluding hydrogens is 376 g/mol. The fourth-order valence-electron chi connectivity index (χ4n) is 2.89. The molecule has 0 aliphatic carbocycles. The number of amides is 2. The van der Waals surface area contributed by atoms with Crippen LogP contribution in [0.25, 0.3) is 21.0 Å². The first-order chi connectivity index (χ1) is 13.7. The van der Waals surface area contributed by atoms with Gasteiger partial charge in [0.05, 0.1) is 17.7 Å². The topological polar surface area (TPSA) is 92.3 Å². The maximum Gasteiger partial charge on any atom is 0.317 e. The number of ether oxygens (including phenoxy) is 1. The van der Waals surface area contributed by atoms with Gasteiger partial charge in [-0.2, -0.15) is 0 Å². The first-order valence-electron chi connectivity index (χ1n) is 8.93. The summed E-state index contributed by atoms with van der Waals surface area (Å²) in [4.78, 5) is 28.6. The Morgan fingerprint density at radius 1 is 1.21 bits per heavy atom. The van der Waals surface area contributed by atoms with Gasteiger partial charge in [0, 0.05) is 55.1 Å². The number of rotatable bonds is 7. The van der Waals surface area contributed by atoms with Crippen molar-refractivity contribution in [3.8, 4) is 26.9 Å². The average Bonchev–Trinajstić information content (AvgIpc) is 3.38. The molecule has 3 aromatic heterocycles. The third kappa shape index (κ3) is 4.04. The molecule has 0 aromatic carbocycles. The van der Waals surface area contributed by atoms with Crippen LogP contribution in [0.5, 0.6) is 5.88 Å². The van der Waals surface area contributed by atoms with Crippen LogP contribution in [0.15, 0.2) is 42.7 Å². The Hall–Kier alpha value is -3.20. The number of pyridine rings is 1. The van der Waals surface area contributed by atoms with E-state index < -0.39 is 0 Å². The zero-order valence-electron chi connectivity index (χ0n) is 15.4. The Bertz CT molecular complexity index is 959. The zero-order chi connectivity index (χ0) is 19.3. The number of nitrogens with one attached hydrogen (secondary N) is 2. The molecular formula is C19H20N6O2S. The summed E-state index contributed by atoms with van der Waals surface area (Å²) in [7, 11) is 1.60. The first-order valence-corrected chi connectivity index (χ1v) is 9.75. The molecule has 0 radical (unpaired) electrons. The van der Waals surface area contributed by atoms with Gasteiger partial charge in [-0.3, -0.25) is 0 Å². The summed E-state index contributed by atoms with van der Waals surface area (Å²) in [5.41, 5.74) is 1.89. The summed E-state index contributed by atoms with van der Waals surface area (Å²) >= 11 is 1.65. The van der Waals surface area contributed by atoms with E-state index in [1.807, 2.05) is 24.3 Å². The minimum absolute atomic E-state index is 0.0180. The van der Waals surface area contributed by atoms with Crippen molar-refractivity contribution in [3.05, 3.63) is 42.7 Å². The van der Waals surface area contributed by atoms with Crippen molar-refractivity contribution < 1.29 is 9.53 Å². The maximum absolute atomic E-state index is 11.6. The number of anilines is 1. The van der Waals surface area contributed by atoms with E-state index in [1.165, 1.54) is 0 Å². The molecule has 8 nitrogen and oxygen atoms in total. The van der Waals surface area contributed by atoms with E-state index in [4.69, 9.17) is 4.74 Å². The summed E-state index contributed by atoms with van der Waals surface area (Å²) in [5, 5.41) is 5.98. The number of aromatic nitrogens is 3. The van der Waals surface area contributed by atoms with E-state index in [2.05, 4.69) is 31.7 Å². The van der Waals surface area contributed by atoms with Crippen molar-refractivity contribution in [1.82, 2.24) is 25.2 Å². The number of carbonyl (C=O) groups excluding carboxylic acids is 1. The molecule has 1 saturated heterocycles. The Balaban J connectivity index is 1.42. The van der Waals surface area contributed by atoms with E-state index in [-0.39, 0.29) is 6.03 Å². The lowest BCUT2D eigenvalue weighted by Gasteiger charge is -2.14. The number of nitrogens with zero attached hydrogens (tertiary/aromatic N) is 4. The molecule has 0 spiro atoms. The Morgan fingerprint density at radius 3 is 2.86 bits per heavy atom. The molecule has 4 heterocycles. The minimum Gasteiger partial charge on any atom is -0.481 e. The minimum atomic E-state index is -0.0180. The number of urea groups is 1. The van der Waals surface area contributed by atoms with Gasteiger partial charge in [-0.25, -0.2) is 19.7 Å². The predicted octanol–water partition coefficient (Wildman–Crippen LogP) is 2.71. The van der Waals surface area contributed by atoms with Gasteiger partial charge in [-0.05, 0) is 24.3 Å². The maximum atomic E-state index is 11.6. The normalized spacial score (nSPS) is 13.5. The van der Waals surface area contributed by atoms with Gasteiger partial charge in [-0.15, -0.1) is 11.3 Å². The third-order valence-corrected chi connectivity index (χ3v) is 5.51. The lowest BCUT2D eigenvalue weighted by molar-refractivity contribution is 0.219. The number of thiophene rings is 1. The van der Waals surface area contributed by atoms with Gasteiger partial charge >= 0.3 is 6.03 Å². The van der Waals surface area contributed by atoms with E-state index in [0.717, 1.165) is 27.6 Å². The Labute approximate surface area is 166 Å². The Kier molecular flexibility index (Phi) is 5.34. The lowest BCUT2D eigenvalue weighted by Crippen LogP contribution is -2.32. The second-order valence-corrected chi connectivity index (χ2v) is 7.25. The van der Waals surface area contributed by atoms with Crippen LogP contribution in [0.2, 0.25) is 0 Å². The molecule has 1 aliphatic rings. The molecule has 0 unspecified atom stereocenters. The molecule has 0 bridgehead atoms. The van der Waals surface area contributed by atoms with Gasteiger partial charge in [0.15, 0.2) is 0 Å². The summed E-state index contributed by atoms with van der Waals surface area (Å²) in [6, 6.07) is 9.82. The molecule has 0 atom stereocenters. The number of carbonyl (C=O) groups is 1. The van der Waals surface area contributed by atoms with Crippen LogP contribution < -0.4 is 15.4 Å². The number of hydrogen-bond donors (Lipinski definition) is 2. The first kappa shape index (κ1) is 18.2. The molecule has 2 N–H and O–H groups in total. The van der Waals surface area contributed by atoms with Crippen LogP contribution in [0, 0.1) is 0 Å². The number of hydrogen-bond acceptors (Lipinski definition) is 7. The van der Waals surface area contributed by atoms with Crippen molar-refractivity contribution in [2.45, 2.75) is 0 Å². The van der Waals surface area contributed by atoms with Crippen molar-refractivity contribution in [3.63, 3.8) is 0 Å². The van der Waals surface area contributed by atoms with Gasteiger partial charge in [0.2, 0.25) is 11.8 Å². The molecule has 4 rings (SSSR count). The molecule has 3 aromatic rings. The van der Waals surface area contributed by atoms with E-state index >= 15 is 0 Å². The molecule has 28 heavy (non-hydrogen) atoms. The largest absolute Gasteiger partial charge is 0.481 e. The summed E-state index contributed by atoms with van der Waals surface area (Å²) < 4.78 is 5.11. The summed E-state index contributed by atoms with van der Waals surface area (Å²) in [6.07, 6.45) is 3.54. The van der Waals surface area contributed by atoms with Gasteiger partial charge in [0.25, 0.3) is 0 Å². The smallest absolute Gasteiger partial charge is 0.317 e. The molecule has 2 amide bonds.